The molecule has 6 heteroatoms. The van der Waals surface area contributed by atoms with E-state index in [9.17, 15) is 4.39 Å². The van der Waals surface area contributed by atoms with Gasteiger partial charge in [0.1, 0.15) is 5.82 Å². The molecule has 1 atom stereocenters. The van der Waals surface area contributed by atoms with E-state index in [1.165, 1.54) is 12.5 Å². The second-order valence-electron chi connectivity index (χ2n) is 5.90. The highest BCUT2D eigenvalue weighted by Gasteiger charge is 2.18. The third-order valence-corrected chi connectivity index (χ3v) is 3.99. The summed E-state index contributed by atoms with van der Waals surface area (Å²) in [5.41, 5.74) is 0.739. The van der Waals surface area contributed by atoms with E-state index in [0.29, 0.717) is 18.9 Å². The molecule has 2 N–H and O–H groups in total. The summed E-state index contributed by atoms with van der Waals surface area (Å²) in [7, 11) is 2.15. The first-order valence-electron chi connectivity index (χ1n) is 8.13. The zero-order valence-electron chi connectivity index (χ0n) is 14.0. The predicted molar refractivity (Wildman–Crippen MR) is 105 cm³/mol. The Morgan fingerprint density at radius 3 is 2.78 bits per heavy atom. The van der Waals surface area contributed by atoms with E-state index in [2.05, 4.69) is 34.5 Å². The molecule has 0 aromatic heterocycles. The number of hydrogen-bond donors (Lipinski definition) is 2. The van der Waals surface area contributed by atoms with Gasteiger partial charge in [0.15, 0.2) is 5.96 Å². The molecule has 0 saturated carbocycles. The van der Waals surface area contributed by atoms with E-state index >= 15 is 0 Å². The smallest absolute Gasteiger partial charge is 0.191 e. The van der Waals surface area contributed by atoms with Crippen LogP contribution in [-0.4, -0.2) is 50.6 Å². The van der Waals surface area contributed by atoms with Crippen LogP contribution in [0.25, 0.3) is 0 Å². The molecule has 130 valence electrons. The molecule has 1 heterocycles. The average Bonchev–Trinajstić information content (AvgIpc) is 2.92. The molecular weight excluding hydrogens is 406 g/mol. The van der Waals surface area contributed by atoms with E-state index < -0.39 is 0 Å². The second-order valence-corrected chi connectivity index (χ2v) is 5.90. The van der Waals surface area contributed by atoms with Crippen molar-refractivity contribution in [1.29, 1.82) is 0 Å². The van der Waals surface area contributed by atoms with Gasteiger partial charge in [0.05, 0.1) is 0 Å². The van der Waals surface area contributed by atoms with Gasteiger partial charge in [-0.2, -0.15) is 0 Å². The van der Waals surface area contributed by atoms with Gasteiger partial charge in [-0.25, -0.2) is 4.39 Å². The molecule has 0 radical (unpaired) electrons. The van der Waals surface area contributed by atoms with E-state index in [0.717, 1.165) is 37.7 Å². The summed E-state index contributed by atoms with van der Waals surface area (Å²) < 4.78 is 13.6. The third kappa shape index (κ3) is 7.03. The van der Waals surface area contributed by atoms with E-state index in [4.69, 9.17) is 0 Å². The first-order chi connectivity index (χ1) is 10.7. The number of rotatable bonds is 6. The van der Waals surface area contributed by atoms with Crippen LogP contribution in [0.2, 0.25) is 0 Å². The van der Waals surface area contributed by atoms with Gasteiger partial charge >= 0.3 is 0 Å². The Labute approximate surface area is 156 Å². The summed E-state index contributed by atoms with van der Waals surface area (Å²) in [6, 6.07) is 6.92. The van der Waals surface area contributed by atoms with Crippen molar-refractivity contribution in [2.75, 3.05) is 39.8 Å². The van der Waals surface area contributed by atoms with Crippen LogP contribution in [0, 0.1) is 11.7 Å². The maximum absolute atomic E-state index is 13.6. The molecule has 1 aromatic carbocycles. The summed E-state index contributed by atoms with van der Waals surface area (Å²) in [5, 5.41) is 6.54. The van der Waals surface area contributed by atoms with Crippen LogP contribution in [-0.2, 0) is 6.42 Å². The van der Waals surface area contributed by atoms with Crippen molar-refractivity contribution >= 4 is 29.9 Å². The molecule has 4 nitrogen and oxygen atoms in total. The van der Waals surface area contributed by atoms with E-state index in [-0.39, 0.29) is 29.8 Å². The Morgan fingerprint density at radius 1 is 1.35 bits per heavy atom. The maximum atomic E-state index is 13.6. The lowest BCUT2D eigenvalue weighted by Gasteiger charge is -2.13. The number of likely N-dealkylation sites (tertiary alicyclic amines) is 1. The molecule has 1 fully saturated rings. The fraction of sp³-hybridized carbons (Fsp3) is 0.588. The average molecular weight is 434 g/mol. The van der Waals surface area contributed by atoms with Crippen LogP contribution >= 0.6 is 24.0 Å². The Bertz CT molecular complexity index is 495. The molecule has 0 amide bonds. The lowest BCUT2D eigenvalue weighted by atomic mass is 10.1. The SMILES string of the molecule is CCNC(=NCC1CCN(C)C1)NCCc1ccccc1F.I. The fourth-order valence-corrected chi connectivity index (χ4v) is 2.75. The number of aliphatic imine (C=N–C) groups is 1. The minimum absolute atomic E-state index is 0. The van der Waals surface area contributed by atoms with Gasteiger partial charge in [-0.1, -0.05) is 18.2 Å². The first-order valence-corrected chi connectivity index (χ1v) is 8.13. The van der Waals surface area contributed by atoms with Gasteiger partial charge in [0.2, 0.25) is 0 Å². The molecule has 0 spiro atoms. The number of hydrogen-bond acceptors (Lipinski definition) is 2. The summed E-state index contributed by atoms with van der Waals surface area (Å²) in [6.45, 7) is 6.69. The minimum atomic E-state index is -0.139. The van der Waals surface area contributed by atoms with Gasteiger partial charge in [-0.05, 0) is 50.9 Å². The lowest BCUT2D eigenvalue weighted by Crippen LogP contribution is -2.38. The topological polar surface area (TPSA) is 39.7 Å². The standard InChI is InChI=1S/C17H27FN4.HI/c1-3-19-17(21-12-14-9-11-22(2)13-14)20-10-8-15-6-4-5-7-16(15)18;/h4-7,14H,3,8-13H2,1-2H3,(H2,19,20,21);1H. The van der Waals surface area contributed by atoms with Gasteiger partial charge in [-0.3, -0.25) is 4.99 Å². The molecule has 1 aromatic rings. The van der Waals surface area contributed by atoms with E-state index in [1.807, 2.05) is 12.1 Å². The van der Waals surface area contributed by atoms with Crippen molar-refractivity contribution in [3.8, 4) is 0 Å². The van der Waals surface area contributed by atoms with Gasteiger partial charge in [0, 0.05) is 26.2 Å². The molecule has 1 unspecified atom stereocenters. The molecule has 1 aliphatic heterocycles. The quantitative estimate of drug-likeness (QED) is 0.411. The Kier molecular flexibility index (Phi) is 9.47. The highest BCUT2D eigenvalue weighted by atomic mass is 127. The molecular formula is C17H28FIN4. The van der Waals surface area contributed by atoms with Crippen molar-refractivity contribution in [2.45, 2.75) is 19.8 Å². The second kappa shape index (κ2) is 10.8. The maximum Gasteiger partial charge on any atom is 0.191 e. The van der Waals surface area contributed by atoms with Gasteiger partial charge in [-0.15, -0.1) is 24.0 Å². The van der Waals surface area contributed by atoms with Crippen molar-refractivity contribution in [1.82, 2.24) is 15.5 Å². The Hall–Kier alpha value is -0.890. The van der Waals surface area contributed by atoms with Crippen LogP contribution in [0.4, 0.5) is 4.39 Å². The van der Waals surface area contributed by atoms with Crippen LogP contribution < -0.4 is 10.6 Å². The number of nitrogens with one attached hydrogen (secondary N) is 2. The Morgan fingerprint density at radius 2 is 2.13 bits per heavy atom. The van der Waals surface area contributed by atoms with Crippen molar-refractivity contribution in [2.24, 2.45) is 10.9 Å². The van der Waals surface area contributed by atoms with Crippen molar-refractivity contribution in [3.63, 3.8) is 0 Å². The largest absolute Gasteiger partial charge is 0.357 e. The zero-order chi connectivity index (χ0) is 15.8. The minimum Gasteiger partial charge on any atom is -0.357 e. The van der Waals surface area contributed by atoms with Gasteiger partial charge in [0.25, 0.3) is 0 Å². The number of halogens is 2. The first kappa shape index (κ1) is 20.2. The molecule has 0 aliphatic carbocycles. The zero-order valence-corrected chi connectivity index (χ0v) is 16.3. The van der Waals surface area contributed by atoms with Crippen LogP contribution in [0.5, 0.6) is 0 Å². The Balaban J connectivity index is 0.00000264. The molecule has 0 bridgehead atoms. The summed E-state index contributed by atoms with van der Waals surface area (Å²) >= 11 is 0. The van der Waals surface area contributed by atoms with Crippen LogP contribution in [0.1, 0.15) is 18.9 Å². The number of benzene rings is 1. The molecule has 1 aliphatic rings. The fourth-order valence-electron chi connectivity index (χ4n) is 2.75. The van der Waals surface area contributed by atoms with Gasteiger partial charge < -0.3 is 15.5 Å². The summed E-state index contributed by atoms with van der Waals surface area (Å²) in [4.78, 5) is 7.00. The summed E-state index contributed by atoms with van der Waals surface area (Å²) in [6.07, 6.45) is 1.87. The third-order valence-electron chi connectivity index (χ3n) is 3.99. The molecule has 1 saturated heterocycles. The highest BCUT2D eigenvalue weighted by molar-refractivity contribution is 14.0. The van der Waals surface area contributed by atoms with Crippen molar-refractivity contribution in [3.05, 3.63) is 35.6 Å². The number of guanidine groups is 1. The normalized spacial score (nSPS) is 18.6. The van der Waals surface area contributed by atoms with Crippen molar-refractivity contribution < 1.29 is 4.39 Å². The molecule has 2 rings (SSSR count). The van der Waals surface area contributed by atoms with Crippen LogP contribution in [0.3, 0.4) is 0 Å². The van der Waals surface area contributed by atoms with Crippen LogP contribution in [0.15, 0.2) is 29.3 Å². The molecule has 23 heavy (non-hydrogen) atoms. The summed E-state index contributed by atoms with van der Waals surface area (Å²) in [5.74, 6) is 1.33. The predicted octanol–water partition coefficient (Wildman–Crippen LogP) is 2.49. The highest BCUT2D eigenvalue weighted by Crippen LogP contribution is 2.14. The number of nitrogens with zero attached hydrogens (tertiary/aromatic N) is 2. The lowest BCUT2D eigenvalue weighted by molar-refractivity contribution is 0.397. The monoisotopic (exact) mass is 434 g/mol. The van der Waals surface area contributed by atoms with E-state index in [1.54, 1.807) is 6.07 Å².